The first-order chi connectivity index (χ1) is 10.0. The number of aryl methyl sites for hydroxylation is 1. The molecule has 0 unspecified atom stereocenters. The number of carbonyl (C=O) groups is 2. The predicted octanol–water partition coefficient (Wildman–Crippen LogP) is 1.82. The van der Waals surface area contributed by atoms with Crippen LogP contribution in [0, 0.1) is 0 Å². The summed E-state index contributed by atoms with van der Waals surface area (Å²) in [4.78, 5) is 25.9. The van der Waals surface area contributed by atoms with Gasteiger partial charge in [-0.3, -0.25) is 9.59 Å². The lowest BCUT2D eigenvalue weighted by molar-refractivity contribution is -0.116. The number of anilines is 1. The number of hydrogen-bond donors (Lipinski definition) is 1. The molecule has 112 valence electrons. The fourth-order valence-corrected chi connectivity index (χ4v) is 2.87. The van der Waals surface area contributed by atoms with Crippen LogP contribution in [0.3, 0.4) is 0 Å². The van der Waals surface area contributed by atoms with E-state index in [0.717, 1.165) is 11.3 Å². The number of hydrogen-bond acceptors (Lipinski definition) is 3. The summed E-state index contributed by atoms with van der Waals surface area (Å²) in [7, 11) is 0. The van der Waals surface area contributed by atoms with Crippen molar-refractivity contribution in [3.05, 3.63) is 29.3 Å². The molecule has 1 saturated heterocycles. The topological polar surface area (TPSA) is 58.6 Å². The Morgan fingerprint density at radius 1 is 1.33 bits per heavy atom. The van der Waals surface area contributed by atoms with Gasteiger partial charge in [-0.05, 0) is 44.0 Å². The van der Waals surface area contributed by atoms with Crippen molar-refractivity contribution in [2.75, 3.05) is 18.5 Å². The summed E-state index contributed by atoms with van der Waals surface area (Å²) in [6.07, 6.45) is 1.24. The lowest BCUT2D eigenvalue weighted by atomic mass is 9.99. The smallest absolute Gasteiger partial charge is 0.254 e. The average molecular weight is 288 g/mol. The Bertz CT molecular complexity index is 585. The summed E-state index contributed by atoms with van der Waals surface area (Å²) in [6.45, 7) is 5.18. The second kappa shape index (κ2) is 5.48. The molecule has 5 nitrogen and oxygen atoms in total. The predicted molar refractivity (Wildman–Crippen MR) is 79.3 cm³/mol. The molecule has 2 aliphatic heterocycles. The van der Waals surface area contributed by atoms with Gasteiger partial charge in [0, 0.05) is 24.2 Å². The molecule has 1 aromatic carbocycles. The van der Waals surface area contributed by atoms with Crippen LogP contribution in [-0.2, 0) is 16.0 Å². The van der Waals surface area contributed by atoms with Crippen LogP contribution in [0.25, 0.3) is 0 Å². The molecule has 3 rings (SSSR count). The van der Waals surface area contributed by atoms with Gasteiger partial charge in [0.1, 0.15) is 0 Å². The Morgan fingerprint density at radius 2 is 2.14 bits per heavy atom. The third-order valence-corrected chi connectivity index (χ3v) is 4.12. The molecule has 0 spiro atoms. The average Bonchev–Trinajstić information content (AvgIpc) is 2.48. The first-order valence-corrected chi connectivity index (χ1v) is 7.40. The van der Waals surface area contributed by atoms with Crippen LogP contribution in [0.2, 0.25) is 0 Å². The number of benzene rings is 1. The van der Waals surface area contributed by atoms with Crippen molar-refractivity contribution in [1.29, 1.82) is 0 Å². The second-order valence-corrected chi connectivity index (χ2v) is 5.87. The SMILES string of the molecule is C[C@@H]1CN(C(=O)c2ccc3c(c2)CCC(=O)N3)[C@H](C)CO1. The number of morpholine rings is 1. The molecular formula is C16H20N2O3. The molecule has 2 amide bonds. The Hall–Kier alpha value is -1.88. The molecule has 0 bridgehead atoms. The maximum Gasteiger partial charge on any atom is 0.254 e. The fourth-order valence-electron chi connectivity index (χ4n) is 2.87. The van der Waals surface area contributed by atoms with Gasteiger partial charge in [-0.1, -0.05) is 0 Å². The van der Waals surface area contributed by atoms with Crippen LogP contribution < -0.4 is 5.32 Å². The Balaban J connectivity index is 1.83. The van der Waals surface area contributed by atoms with E-state index < -0.39 is 0 Å². The maximum absolute atomic E-state index is 12.7. The van der Waals surface area contributed by atoms with E-state index in [0.29, 0.717) is 31.6 Å². The fraction of sp³-hybridized carbons (Fsp3) is 0.500. The van der Waals surface area contributed by atoms with E-state index in [-0.39, 0.29) is 24.0 Å². The van der Waals surface area contributed by atoms with E-state index in [2.05, 4.69) is 5.32 Å². The number of fused-ring (bicyclic) bond motifs is 1. The lowest BCUT2D eigenvalue weighted by Gasteiger charge is -2.37. The molecule has 0 saturated carbocycles. The third kappa shape index (κ3) is 2.78. The largest absolute Gasteiger partial charge is 0.375 e. The summed E-state index contributed by atoms with van der Waals surface area (Å²) in [5, 5.41) is 2.84. The van der Waals surface area contributed by atoms with Gasteiger partial charge < -0.3 is 15.0 Å². The van der Waals surface area contributed by atoms with Crippen LogP contribution in [0.4, 0.5) is 5.69 Å². The normalized spacial score (nSPS) is 25.2. The highest BCUT2D eigenvalue weighted by Crippen LogP contribution is 2.25. The molecule has 1 fully saturated rings. The van der Waals surface area contributed by atoms with Crippen LogP contribution in [0.15, 0.2) is 18.2 Å². The van der Waals surface area contributed by atoms with E-state index in [1.54, 1.807) is 6.07 Å². The van der Waals surface area contributed by atoms with Crippen LogP contribution in [-0.4, -0.2) is 42.0 Å². The highest BCUT2D eigenvalue weighted by atomic mass is 16.5. The van der Waals surface area contributed by atoms with Gasteiger partial charge in [-0.2, -0.15) is 0 Å². The number of ether oxygens (including phenoxy) is 1. The number of carbonyl (C=O) groups excluding carboxylic acids is 2. The molecule has 2 atom stereocenters. The van der Waals surface area contributed by atoms with Crippen molar-refractivity contribution in [3.63, 3.8) is 0 Å². The molecule has 1 aromatic rings. The van der Waals surface area contributed by atoms with Gasteiger partial charge in [0.25, 0.3) is 5.91 Å². The van der Waals surface area contributed by atoms with Gasteiger partial charge in [-0.15, -0.1) is 0 Å². The monoisotopic (exact) mass is 288 g/mol. The lowest BCUT2D eigenvalue weighted by Crippen LogP contribution is -2.50. The van der Waals surface area contributed by atoms with Gasteiger partial charge >= 0.3 is 0 Å². The summed E-state index contributed by atoms with van der Waals surface area (Å²) in [6, 6.07) is 5.61. The van der Waals surface area contributed by atoms with Crippen LogP contribution >= 0.6 is 0 Å². The molecular weight excluding hydrogens is 268 g/mol. The van der Waals surface area contributed by atoms with E-state index in [1.165, 1.54) is 0 Å². The number of amides is 2. The van der Waals surface area contributed by atoms with E-state index in [9.17, 15) is 9.59 Å². The van der Waals surface area contributed by atoms with Crippen molar-refractivity contribution in [2.24, 2.45) is 0 Å². The maximum atomic E-state index is 12.7. The van der Waals surface area contributed by atoms with E-state index in [1.807, 2.05) is 30.9 Å². The minimum Gasteiger partial charge on any atom is -0.375 e. The zero-order valence-electron chi connectivity index (χ0n) is 12.4. The highest BCUT2D eigenvalue weighted by molar-refractivity contribution is 5.98. The molecule has 1 N–H and O–H groups in total. The molecule has 2 heterocycles. The Kier molecular flexibility index (Phi) is 3.68. The first kappa shape index (κ1) is 14.1. The first-order valence-electron chi connectivity index (χ1n) is 7.40. The van der Waals surface area contributed by atoms with Crippen molar-refractivity contribution in [2.45, 2.75) is 38.8 Å². The van der Waals surface area contributed by atoms with E-state index >= 15 is 0 Å². The van der Waals surface area contributed by atoms with Crippen LogP contribution in [0.5, 0.6) is 0 Å². The number of rotatable bonds is 1. The minimum absolute atomic E-state index is 0.0391. The summed E-state index contributed by atoms with van der Waals surface area (Å²) in [5.74, 6) is 0.0783. The second-order valence-electron chi connectivity index (χ2n) is 5.87. The molecule has 0 aromatic heterocycles. The standard InChI is InChI=1S/C16H20N2O3/c1-10-9-21-11(2)8-18(10)16(20)13-3-5-14-12(7-13)4-6-15(19)17-14/h3,5,7,10-11H,4,6,8-9H2,1-2H3,(H,17,19)/t10-,11-/m1/s1. The molecule has 5 heteroatoms. The van der Waals surface area contributed by atoms with Gasteiger partial charge in [0.2, 0.25) is 5.91 Å². The van der Waals surface area contributed by atoms with E-state index in [4.69, 9.17) is 4.74 Å². The highest BCUT2D eigenvalue weighted by Gasteiger charge is 2.28. The third-order valence-electron chi connectivity index (χ3n) is 4.12. The van der Waals surface area contributed by atoms with Crippen molar-refractivity contribution < 1.29 is 14.3 Å². The summed E-state index contributed by atoms with van der Waals surface area (Å²) in [5.41, 5.74) is 2.55. The minimum atomic E-state index is 0.0391. The Morgan fingerprint density at radius 3 is 2.95 bits per heavy atom. The van der Waals surface area contributed by atoms with Crippen molar-refractivity contribution in [1.82, 2.24) is 4.90 Å². The molecule has 21 heavy (non-hydrogen) atoms. The van der Waals surface area contributed by atoms with Crippen molar-refractivity contribution in [3.8, 4) is 0 Å². The zero-order valence-corrected chi connectivity index (χ0v) is 12.4. The van der Waals surface area contributed by atoms with Crippen LogP contribution in [0.1, 0.15) is 36.2 Å². The number of nitrogens with one attached hydrogen (secondary N) is 1. The molecule has 0 radical (unpaired) electrons. The van der Waals surface area contributed by atoms with Gasteiger partial charge in [-0.25, -0.2) is 0 Å². The van der Waals surface area contributed by atoms with Gasteiger partial charge in [0.15, 0.2) is 0 Å². The zero-order chi connectivity index (χ0) is 15.0. The summed E-state index contributed by atoms with van der Waals surface area (Å²) >= 11 is 0. The van der Waals surface area contributed by atoms with Crippen molar-refractivity contribution >= 4 is 17.5 Å². The molecule has 0 aliphatic carbocycles. The Labute approximate surface area is 124 Å². The van der Waals surface area contributed by atoms with Gasteiger partial charge in [0.05, 0.1) is 18.8 Å². The molecule has 2 aliphatic rings. The quantitative estimate of drug-likeness (QED) is 0.857. The summed E-state index contributed by atoms with van der Waals surface area (Å²) < 4.78 is 5.57. The number of nitrogens with zero attached hydrogens (tertiary/aromatic N) is 1.